The Balaban J connectivity index is 1.81. The number of hydroxylamine groups is 1. The van der Waals surface area contributed by atoms with E-state index in [4.69, 9.17) is 4.84 Å². The lowest BCUT2D eigenvalue weighted by atomic mass is 10.1. The molecular weight excluding hydrogens is 250 g/mol. The molecule has 2 aliphatic rings. The van der Waals surface area contributed by atoms with Crippen LogP contribution in [0.25, 0.3) is 0 Å². The van der Waals surface area contributed by atoms with Gasteiger partial charge in [-0.3, -0.25) is 19.3 Å². The topological polar surface area (TPSA) is 87.7 Å². The van der Waals surface area contributed by atoms with Crippen molar-refractivity contribution in [1.82, 2.24) is 15.7 Å². The molecule has 0 unspecified atom stereocenters. The maximum atomic E-state index is 11.9. The monoisotopic (exact) mass is 269 g/mol. The number of rotatable bonds is 4. The molecule has 0 spiro atoms. The highest BCUT2D eigenvalue weighted by Crippen LogP contribution is 2.20. The van der Waals surface area contributed by atoms with Crippen molar-refractivity contribution in [2.75, 3.05) is 6.54 Å². The Hall–Kier alpha value is -1.63. The van der Waals surface area contributed by atoms with Crippen LogP contribution in [0.15, 0.2) is 0 Å². The molecule has 0 aromatic heterocycles. The first-order valence-electron chi connectivity index (χ1n) is 6.49. The zero-order valence-electron chi connectivity index (χ0n) is 11.2. The van der Waals surface area contributed by atoms with Gasteiger partial charge in [-0.1, -0.05) is 12.8 Å². The molecule has 2 rings (SSSR count). The van der Waals surface area contributed by atoms with E-state index in [2.05, 4.69) is 10.8 Å². The van der Waals surface area contributed by atoms with Crippen molar-refractivity contribution in [2.45, 2.75) is 51.2 Å². The van der Waals surface area contributed by atoms with Crippen molar-refractivity contribution in [2.24, 2.45) is 0 Å². The zero-order valence-corrected chi connectivity index (χ0v) is 11.2. The first kappa shape index (κ1) is 13.8. The summed E-state index contributed by atoms with van der Waals surface area (Å²) in [5.41, 5.74) is 1.35. The predicted octanol–water partition coefficient (Wildman–Crippen LogP) is 0.307. The molecule has 0 aromatic rings. The van der Waals surface area contributed by atoms with Gasteiger partial charge >= 0.3 is 6.03 Å². The molecule has 4 amide bonds. The molecule has 2 fully saturated rings. The third kappa shape index (κ3) is 3.04. The van der Waals surface area contributed by atoms with Crippen molar-refractivity contribution < 1.29 is 19.2 Å². The lowest BCUT2D eigenvalue weighted by Gasteiger charge is -2.16. The van der Waals surface area contributed by atoms with Gasteiger partial charge in [-0.2, -0.15) is 0 Å². The second-order valence-corrected chi connectivity index (χ2v) is 5.50. The number of urea groups is 1. The molecule has 1 aliphatic heterocycles. The predicted molar refractivity (Wildman–Crippen MR) is 65.8 cm³/mol. The molecule has 19 heavy (non-hydrogen) atoms. The van der Waals surface area contributed by atoms with Crippen LogP contribution in [-0.4, -0.2) is 40.9 Å². The first-order chi connectivity index (χ1) is 8.90. The summed E-state index contributed by atoms with van der Waals surface area (Å²) in [6.07, 6.45) is 4.10. The number of amides is 4. The number of hydrogen-bond acceptors (Lipinski definition) is 4. The van der Waals surface area contributed by atoms with Crippen LogP contribution in [0.5, 0.6) is 0 Å². The number of hydrogen-bond donors (Lipinski definition) is 2. The summed E-state index contributed by atoms with van der Waals surface area (Å²) in [7, 11) is 0. The molecular formula is C12H19N3O4. The molecule has 106 valence electrons. The van der Waals surface area contributed by atoms with E-state index in [9.17, 15) is 14.4 Å². The average Bonchev–Trinajstić information content (AvgIpc) is 2.90. The van der Waals surface area contributed by atoms with Crippen LogP contribution in [0, 0.1) is 0 Å². The summed E-state index contributed by atoms with van der Waals surface area (Å²) in [5, 5.41) is 2.51. The van der Waals surface area contributed by atoms with Gasteiger partial charge in [-0.15, -0.1) is 0 Å². The fraction of sp³-hybridized carbons (Fsp3) is 0.750. The van der Waals surface area contributed by atoms with E-state index in [0.717, 1.165) is 30.6 Å². The second-order valence-electron chi connectivity index (χ2n) is 5.50. The molecule has 0 bridgehead atoms. The van der Waals surface area contributed by atoms with Crippen LogP contribution in [-0.2, 0) is 14.4 Å². The molecule has 2 N–H and O–H groups in total. The quantitative estimate of drug-likeness (QED) is 0.568. The molecule has 7 nitrogen and oxygen atoms in total. The maximum absolute atomic E-state index is 11.9. The number of nitrogens with one attached hydrogen (secondary N) is 2. The molecule has 0 aromatic carbocycles. The van der Waals surface area contributed by atoms with Gasteiger partial charge < -0.3 is 5.32 Å². The summed E-state index contributed by atoms with van der Waals surface area (Å²) in [6.45, 7) is 2.88. The second kappa shape index (κ2) is 5.16. The minimum absolute atomic E-state index is 0.0449. The summed E-state index contributed by atoms with van der Waals surface area (Å²) in [6, 6.07) is -0.550. The molecule has 1 saturated carbocycles. The summed E-state index contributed by atoms with van der Waals surface area (Å²) < 4.78 is 0. The minimum atomic E-state index is -0.955. The van der Waals surface area contributed by atoms with E-state index in [-0.39, 0.29) is 12.6 Å². The average molecular weight is 269 g/mol. The van der Waals surface area contributed by atoms with E-state index in [1.807, 2.05) is 0 Å². The number of carbonyl (C=O) groups is 3. The fourth-order valence-electron chi connectivity index (χ4n) is 2.29. The van der Waals surface area contributed by atoms with Crippen molar-refractivity contribution in [3.8, 4) is 0 Å². The molecule has 1 aliphatic carbocycles. The van der Waals surface area contributed by atoms with E-state index >= 15 is 0 Å². The summed E-state index contributed by atoms with van der Waals surface area (Å²) >= 11 is 0. The lowest BCUT2D eigenvalue weighted by molar-refractivity contribution is -0.142. The Morgan fingerprint density at radius 2 is 2.05 bits per heavy atom. The number of nitrogens with zero attached hydrogens (tertiary/aromatic N) is 1. The van der Waals surface area contributed by atoms with Crippen molar-refractivity contribution >= 4 is 17.8 Å². The van der Waals surface area contributed by atoms with E-state index in [1.54, 1.807) is 13.8 Å². The Morgan fingerprint density at radius 3 is 2.58 bits per heavy atom. The van der Waals surface area contributed by atoms with E-state index in [0.29, 0.717) is 0 Å². The fourth-order valence-corrected chi connectivity index (χ4v) is 2.29. The highest BCUT2D eigenvalue weighted by Gasteiger charge is 2.44. The maximum Gasteiger partial charge on any atom is 0.325 e. The standard InChI is InChI=1S/C12H19N3O4/c1-12(2)10(17)15(11(18)13-12)7-9(16)14-19-8-5-3-4-6-8/h8H,3-7H2,1-2H3,(H,13,18)(H,14,16). The normalized spacial score (nSPS) is 22.7. The molecule has 0 atom stereocenters. The van der Waals surface area contributed by atoms with Crippen LogP contribution < -0.4 is 10.8 Å². The smallest absolute Gasteiger partial charge is 0.324 e. The van der Waals surface area contributed by atoms with Crippen LogP contribution in [0.3, 0.4) is 0 Å². The lowest BCUT2D eigenvalue weighted by Crippen LogP contribution is -2.43. The van der Waals surface area contributed by atoms with Crippen LogP contribution >= 0.6 is 0 Å². The Kier molecular flexibility index (Phi) is 3.75. The van der Waals surface area contributed by atoms with Crippen molar-refractivity contribution in [1.29, 1.82) is 0 Å². The van der Waals surface area contributed by atoms with Crippen LogP contribution in [0.4, 0.5) is 4.79 Å². The van der Waals surface area contributed by atoms with Gasteiger partial charge in [0.15, 0.2) is 0 Å². The minimum Gasteiger partial charge on any atom is -0.324 e. The van der Waals surface area contributed by atoms with E-state index < -0.39 is 23.4 Å². The van der Waals surface area contributed by atoms with Crippen molar-refractivity contribution in [3.05, 3.63) is 0 Å². The SMILES string of the molecule is CC1(C)NC(=O)N(CC(=O)NOC2CCCC2)C1=O. The third-order valence-corrected chi connectivity index (χ3v) is 3.39. The Bertz CT molecular complexity index is 402. The third-order valence-electron chi connectivity index (χ3n) is 3.39. The first-order valence-corrected chi connectivity index (χ1v) is 6.49. The van der Waals surface area contributed by atoms with Crippen molar-refractivity contribution in [3.63, 3.8) is 0 Å². The number of imide groups is 1. The summed E-state index contributed by atoms with van der Waals surface area (Å²) in [4.78, 5) is 41.2. The Morgan fingerprint density at radius 1 is 1.42 bits per heavy atom. The van der Waals surface area contributed by atoms with E-state index in [1.165, 1.54) is 0 Å². The number of carbonyl (C=O) groups excluding carboxylic acids is 3. The van der Waals surface area contributed by atoms with Gasteiger partial charge in [-0.05, 0) is 26.7 Å². The highest BCUT2D eigenvalue weighted by atomic mass is 16.7. The molecule has 7 heteroatoms. The van der Waals surface area contributed by atoms with Gasteiger partial charge in [0.1, 0.15) is 12.1 Å². The molecule has 1 saturated heterocycles. The zero-order chi connectivity index (χ0) is 14.0. The van der Waals surface area contributed by atoms with Gasteiger partial charge in [0.25, 0.3) is 11.8 Å². The largest absolute Gasteiger partial charge is 0.325 e. The van der Waals surface area contributed by atoms with Gasteiger partial charge in [-0.25, -0.2) is 10.3 Å². The van der Waals surface area contributed by atoms with Crippen LogP contribution in [0.2, 0.25) is 0 Å². The highest BCUT2D eigenvalue weighted by molar-refractivity contribution is 6.08. The Labute approximate surface area is 111 Å². The van der Waals surface area contributed by atoms with Gasteiger partial charge in [0, 0.05) is 0 Å². The molecule has 0 radical (unpaired) electrons. The van der Waals surface area contributed by atoms with Crippen LogP contribution in [0.1, 0.15) is 39.5 Å². The molecule has 1 heterocycles. The van der Waals surface area contributed by atoms with Gasteiger partial charge in [0.05, 0.1) is 6.10 Å². The van der Waals surface area contributed by atoms with Gasteiger partial charge in [0.2, 0.25) is 0 Å². The summed E-state index contributed by atoms with van der Waals surface area (Å²) in [5.74, 6) is -0.901.